The van der Waals surface area contributed by atoms with Gasteiger partial charge in [-0.1, -0.05) is 0 Å². The molecule has 3 heterocycles. The lowest BCUT2D eigenvalue weighted by Crippen LogP contribution is -2.50. The lowest BCUT2D eigenvalue weighted by molar-refractivity contribution is 0.0663. The summed E-state index contributed by atoms with van der Waals surface area (Å²) < 4.78 is 5.34. The van der Waals surface area contributed by atoms with Crippen LogP contribution in [0.2, 0.25) is 0 Å². The van der Waals surface area contributed by atoms with Gasteiger partial charge < -0.3 is 14.4 Å². The van der Waals surface area contributed by atoms with Crippen LogP contribution < -0.4 is 4.90 Å². The van der Waals surface area contributed by atoms with Crippen molar-refractivity contribution in [2.24, 2.45) is 0 Å². The molecule has 17 heavy (non-hydrogen) atoms. The first-order chi connectivity index (χ1) is 8.24. The number of carbonyl (C=O) groups is 1. The predicted octanol–water partition coefficient (Wildman–Crippen LogP) is 1.26. The molecule has 0 spiro atoms. The van der Waals surface area contributed by atoms with Crippen LogP contribution in [0.4, 0.5) is 5.88 Å². The quantitative estimate of drug-likeness (QED) is 0.837. The molecule has 1 atom stereocenters. The standard InChI is InChI=1S/C12H16N2O3/c15-12(16)10-3-4-11(17-10)14-7-6-13-5-1-2-9(13)8-14/h3-4,9H,1-2,5-8H2,(H,15,16). The summed E-state index contributed by atoms with van der Waals surface area (Å²) in [6.45, 7) is 4.13. The molecule has 2 aliphatic heterocycles. The van der Waals surface area contributed by atoms with E-state index in [1.54, 1.807) is 6.07 Å². The monoisotopic (exact) mass is 236 g/mol. The largest absolute Gasteiger partial charge is 0.475 e. The van der Waals surface area contributed by atoms with Crippen LogP contribution in [0.1, 0.15) is 23.4 Å². The molecule has 2 aliphatic rings. The van der Waals surface area contributed by atoms with E-state index < -0.39 is 5.97 Å². The predicted molar refractivity (Wildman–Crippen MR) is 62.5 cm³/mol. The number of nitrogens with zero attached hydrogens (tertiary/aromatic N) is 2. The third-order valence-electron chi connectivity index (χ3n) is 3.70. The number of rotatable bonds is 2. The van der Waals surface area contributed by atoms with Gasteiger partial charge in [-0.2, -0.15) is 0 Å². The molecule has 5 heteroatoms. The van der Waals surface area contributed by atoms with E-state index in [0.29, 0.717) is 11.9 Å². The first-order valence-electron chi connectivity index (χ1n) is 6.06. The van der Waals surface area contributed by atoms with Gasteiger partial charge in [0.1, 0.15) is 0 Å². The molecule has 0 aliphatic carbocycles. The maximum atomic E-state index is 10.8. The summed E-state index contributed by atoms with van der Waals surface area (Å²) in [5.41, 5.74) is 0. The number of anilines is 1. The maximum Gasteiger partial charge on any atom is 0.371 e. The molecule has 0 bridgehead atoms. The number of carboxylic acid groups (broad SMARTS) is 1. The Hall–Kier alpha value is -1.49. The summed E-state index contributed by atoms with van der Waals surface area (Å²) in [7, 11) is 0. The molecule has 2 saturated heterocycles. The number of piperazine rings is 1. The van der Waals surface area contributed by atoms with E-state index in [1.165, 1.54) is 25.5 Å². The van der Waals surface area contributed by atoms with E-state index in [0.717, 1.165) is 19.6 Å². The van der Waals surface area contributed by atoms with Gasteiger partial charge in [0, 0.05) is 31.7 Å². The maximum absolute atomic E-state index is 10.8. The molecule has 5 nitrogen and oxygen atoms in total. The number of hydrogen-bond donors (Lipinski definition) is 1. The Bertz CT molecular complexity index is 429. The van der Waals surface area contributed by atoms with Crippen molar-refractivity contribution >= 4 is 11.9 Å². The zero-order chi connectivity index (χ0) is 11.8. The minimum Gasteiger partial charge on any atom is -0.475 e. The number of aromatic carboxylic acids is 1. The first kappa shape index (κ1) is 10.7. The third kappa shape index (κ3) is 1.91. The SMILES string of the molecule is O=C(O)c1ccc(N2CCN3CCCC3C2)o1. The van der Waals surface area contributed by atoms with Gasteiger partial charge in [0.25, 0.3) is 0 Å². The van der Waals surface area contributed by atoms with Gasteiger partial charge in [-0.25, -0.2) is 4.79 Å². The summed E-state index contributed by atoms with van der Waals surface area (Å²) in [6, 6.07) is 3.90. The highest BCUT2D eigenvalue weighted by Crippen LogP contribution is 2.26. The van der Waals surface area contributed by atoms with Crippen LogP contribution in [0, 0.1) is 0 Å². The second-order valence-electron chi connectivity index (χ2n) is 4.72. The molecule has 0 saturated carbocycles. The fraction of sp³-hybridized carbons (Fsp3) is 0.583. The summed E-state index contributed by atoms with van der Waals surface area (Å²) >= 11 is 0. The number of fused-ring (bicyclic) bond motifs is 1. The molecule has 3 rings (SSSR count). The van der Waals surface area contributed by atoms with Crippen LogP contribution in [0.15, 0.2) is 16.5 Å². The highest BCUT2D eigenvalue weighted by molar-refractivity contribution is 5.84. The van der Waals surface area contributed by atoms with Crippen molar-refractivity contribution < 1.29 is 14.3 Å². The van der Waals surface area contributed by atoms with Crippen LogP contribution >= 0.6 is 0 Å². The average Bonchev–Trinajstić information content (AvgIpc) is 2.97. The Kier molecular flexibility index (Phi) is 2.55. The van der Waals surface area contributed by atoms with Gasteiger partial charge >= 0.3 is 5.97 Å². The van der Waals surface area contributed by atoms with Gasteiger partial charge in [0.05, 0.1) is 0 Å². The molecule has 92 valence electrons. The number of carboxylic acids is 1. The van der Waals surface area contributed by atoms with Gasteiger partial charge in [-0.3, -0.25) is 4.90 Å². The van der Waals surface area contributed by atoms with Gasteiger partial charge in [0.2, 0.25) is 5.76 Å². The van der Waals surface area contributed by atoms with Crippen LogP contribution in [-0.4, -0.2) is 48.2 Å². The minimum absolute atomic E-state index is 0.0221. The lowest BCUT2D eigenvalue weighted by atomic mass is 10.1. The van der Waals surface area contributed by atoms with Crippen LogP contribution in [0.25, 0.3) is 0 Å². The van der Waals surface area contributed by atoms with E-state index in [9.17, 15) is 4.79 Å². The average molecular weight is 236 g/mol. The molecule has 1 unspecified atom stereocenters. The van der Waals surface area contributed by atoms with Crippen molar-refractivity contribution in [3.8, 4) is 0 Å². The Balaban J connectivity index is 1.73. The van der Waals surface area contributed by atoms with Crippen LogP contribution in [0.3, 0.4) is 0 Å². The van der Waals surface area contributed by atoms with Crippen molar-refractivity contribution in [3.63, 3.8) is 0 Å². The van der Waals surface area contributed by atoms with Crippen molar-refractivity contribution in [2.45, 2.75) is 18.9 Å². The molecule has 2 fully saturated rings. The fourth-order valence-electron chi connectivity index (χ4n) is 2.80. The molecule has 0 aromatic carbocycles. The first-order valence-corrected chi connectivity index (χ1v) is 6.06. The third-order valence-corrected chi connectivity index (χ3v) is 3.70. The van der Waals surface area contributed by atoms with Crippen LogP contribution in [0.5, 0.6) is 0 Å². The minimum atomic E-state index is -1.00. The van der Waals surface area contributed by atoms with Gasteiger partial charge in [0.15, 0.2) is 5.88 Å². The second-order valence-corrected chi connectivity index (χ2v) is 4.72. The van der Waals surface area contributed by atoms with Crippen LogP contribution in [-0.2, 0) is 0 Å². The van der Waals surface area contributed by atoms with Crippen molar-refractivity contribution in [2.75, 3.05) is 31.1 Å². The molecule has 1 aromatic heterocycles. The van der Waals surface area contributed by atoms with E-state index >= 15 is 0 Å². The van der Waals surface area contributed by atoms with E-state index in [1.807, 2.05) is 0 Å². The summed E-state index contributed by atoms with van der Waals surface area (Å²) in [5, 5.41) is 8.83. The summed E-state index contributed by atoms with van der Waals surface area (Å²) in [6.07, 6.45) is 2.51. The van der Waals surface area contributed by atoms with Crippen molar-refractivity contribution in [1.82, 2.24) is 4.90 Å². The zero-order valence-corrected chi connectivity index (χ0v) is 9.63. The van der Waals surface area contributed by atoms with E-state index in [4.69, 9.17) is 9.52 Å². The molecule has 0 radical (unpaired) electrons. The normalized spacial score (nSPS) is 24.9. The Labute approximate surface area is 99.6 Å². The van der Waals surface area contributed by atoms with E-state index in [2.05, 4.69) is 9.80 Å². The Morgan fingerprint density at radius 1 is 1.35 bits per heavy atom. The summed E-state index contributed by atoms with van der Waals surface area (Å²) in [4.78, 5) is 15.4. The molecule has 1 aromatic rings. The zero-order valence-electron chi connectivity index (χ0n) is 9.63. The molecular formula is C12H16N2O3. The second kappa shape index (κ2) is 4.07. The van der Waals surface area contributed by atoms with Gasteiger partial charge in [-0.05, 0) is 25.5 Å². The molecule has 1 N–H and O–H groups in total. The van der Waals surface area contributed by atoms with Gasteiger partial charge in [-0.15, -0.1) is 0 Å². The van der Waals surface area contributed by atoms with Crippen molar-refractivity contribution in [1.29, 1.82) is 0 Å². The highest BCUT2D eigenvalue weighted by atomic mass is 16.4. The topological polar surface area (TPSA) is 56.9 Å². The number of hydrogen-bond acceptors (Lipinski definition) is 4. The Morgan fingerprint density at radius 2 is 2.24 bits per heavy atom. The van der Waals surface area contributed by atoms with Crippen molar-refractivity contribution in [3.05, 3.63) is 17.9 Å². The Morgan fingerprint density at radius 3 is 3.00 bits per heavy atom. The summed E-state index contributed by atoms with van der Waals surface area (Å²) in [5.74, 6) is -0.293. The van der Waals surface area contributed by atoms with E-state index in [-0.39, 0.29) is 5.76 Å². The smallest absolute Gasteiger partial charge is 0.371 e. The fourth-order valence-corrected chi connectivity index (χ4v) is 2.80. The number of furan rings is 1. The lowest BCUT2D eigenvalue weighted by Gasteiger charge is -2.37. The highest BCUT2D eigenvalue weighted by Gasteiger charge is 2.31. The molecular weight excluding hydrogens is 220 g/mol. The molecule has 0 amide bonds.